The van der Waals surface area contributed by atoms with Gasteiger partial charge in [-0.05, 0) is 23.5 Å². The van der Waals surface area contributed by atoms with E-state index in [2.05, 4.69) is 56.0 Å². The third kappa shape index (κ3) is 2.75. The Balaban J connectivity index is 2.17. The second kappa shape index (κ2) is 5.15. The normalized spacial score (nSPS) is 16.7. The Bertz CT molecular complexity index is 441. The maximum Gasteiger partial charge on any atom is 0.0414 e. The molecule has 2 rings (SSSR count). The monoisotopic (exact) mass is 244 g/mol. The fraction of sp³-hybridized carbons (Fsp3) is 0.500. The number of hydrogen-bond acceptors (Lipinski definition) is 2. The van der Waals surface area contributed by atoms with E-state index in [1.54, 1.807) is 5.57 Å². The van der Waals surface area contributed by atoms with Gasteiger partial charge in [0.2, 0.25) is 0 Å². The highest BCUT2D eigenvalue weighted by Crippen LogP contribution is 2.32. The first-order valence-corrected chi connectivity index (χ1v) is 6.75. The van der Waals surface area contributed by atoms with Crippen molar-refractivity contribution in [3.05, 3.63) is 41.5 Å². The minimum Gasteiger partial charge on any atom is -0.367 e. The molecular weight excluding hydrogens is 220 g/mol. The maximum atomic E-state index is 5.81. The molecule has 2 nitrogen and oxygen atoms in total. The zero-order valence-electron chi connectivity index (χ0n) is 11.7. The van der Waals surface area contributed by atoms with Crippen molar-refractivity contribution in [3.8, 4) is 0 Å². The van der Waals surface area contributed by atoms with Crippen molar-refractivity contribution in [3.63, 3.8) is 0 Å². The van der Waals surface area contributed by atoms with Crippen LogP contribution < -0.4 is 10.6 Å². The molecule has 0 fully saturated rings. The van der Waals surface area contributed by atoms with Crippen molar-refractivity contribution in [1.29, 1.82) is 0 Å². The van der Waals surface area contributed by atoms with Crippen LogP contribution >= 0.6 is 0 Å². The van der Waals surface area contributed by atoms with Gasteiger partial charge >= 0.3 is 0 Å². The third-order valence-electron chi connectivity index (χ3n) is 3.72. The lowest BCUT2D eigenvalue weighted by atomic mass is 9.83. The van der Waals surface area contributed by atoms with Crippen LogP contribution in [-0.4, -0.2) is 13.1 Å². The lowest BCUT2D eigenvalue weighted by Gasteiger charge is -2.34. The van der Waals surface area contributed by atoms with E-state index in [1.165, 1.54) is 11.3 Å². The van der Waals surface area contributed by atoms with Crippen molar-refractivity contribution >= 4 is 5.69 Å². The molecule has 1 aromatic rings. The molecule has 98 valence electrons. The molecule has 0 radical (unpaired) electrons. The number of benzene rings is 1. The van der Waals surface area contributed by atoms with E-state index in [0.29, 0.717) is 12.0 Å². The summed E-state index contributed by atoms with van der Waals surface area (Å²) in [4.78, 5) is 2.43. The van der Waals surface area contributed by atoms with Crippen LogP contribution in [-0.2, 0) is 6.54 Å². The smallest absolute Gasteiger partial charge is 0.0414 e. The molecule has 0 amide bonds. The summed E-state index contributed by atoms with van der Waals surface area (Å²) in [5.41, 5.74) is 10.2. The van der Waals surface area contributed by atoms with Crippen molar-refractivity contribution in [2.24, 2.45) is 11.1 Å². The molecule has 2 N–H and O–H groups in total. The van der Waals surface area contributed by atoms with Gasteiger partial charge < -0.3 is 10.6 Å². The summed E-state index contributed by atoms with van der Waals surface area (Å²) in [7, 11) is 0. The first-order valence-electron chi connectivity index (χ1n) is 6.75. The Labute approximate surface area is 110 Å². The topological polar surface area (TPSA) is 29.3 Å². The van der Waals surface area contributed by atoms with Crippen LogP contribution in [0.4, 0.5) is 5.69 Å². The summed E-state index contributed by atoms with van der Waals surface area (Å²) in [5, 5.41) is 0. The van der Waals surface area contributed by atoms with Crippen molar-refractivity contribution < 1.29 is 0 Å². The first kappa shape index (κ1) is 13.2. The Kier molecular flexibility index (Phi) is 3.76. The van der Waals surface area contributed by atoms with E-state index in [1.807, 2.05) is 0 Å². The summed E-state index contributed by atoms with van der Waals surface area (Å²) >= 11 is 0. The van der Waals surface area contributed by atoms with Crippen LogP contribution in [0, 0.1) is 5.41 Å². The lowest BCUT2D eigenvalue weighted by molar-refractivity contribution is 0.472. The molecular formula is C16H24N2. The van der Waals surface area contributed by atoms with Gasteiger partial charge in [0.1, 0.15) is 0 Å². The van der Waals surface area contributed by atoms with Gasteiger partial charge in [-0.15, -0.1) is 0 Å². The van der Waals surface area contributed by atoms with Crippen molar-refractivity contribution in [1.82, 2.24) is 0 Å². The number of nitrogens with two attached hydrogens (primary N) is 1. The summed E-state index contributed by atoms with van der Waals surface area (Å²) < 4.78 is 0. The van der Waals surface area contributed by atoms with Crippen LogP contribution in [0.25, 0.3) is 0 Å². The third-order valence-corrected chi connectivity index (χ3v) is 3.72. The fourth-order valence-electron chi connectivity index (χ4n) is 2.56. The van der Waals surface area contributed by atoms with E-state index in [9.17, 15) is 0 Å². The van der Waals surface area contributed by atoms with Gasteiger partial charge in [-0.25, -0.2) is 0 Å². The minimum absolute atomic E-state index is 0.305. The predicted octanol–water partition coefficient (Wildman–Crippen LogP) is 3.33. The van der Waals surface area contributed by atoms with Crippen LogP contribution in [0.1, 0.15) is 32.8 Å². The summed E-state index contributed by atoms with van der Waals surface area (Å²) in [6, 6.07) is 8.46. The van der Waals surface area contributed by atoms with Gasteiger partial charge in [0.15, 0.2) is 0 Å². The molecule has 0 unspecified atom stereocenters. The van der Waals surface area contributed by atoms with E-state index in [0.717, 1.165) is 19.5 Å². The Hall–Kier alpha value is -1.28. The molecule has 18 heavy (non-hydrogen) atoms. The molecule has 0 saturated heterocycles. The average molecular weight is 244 g/mol. The Morgan fingerprint density at radius 2 is 1.94 bits per heavy atom. The van der Waals surface area contributed by atoms with Gasteiger partial charge in [-0.3, -0.25) is 0 Å². The molecule has 0 aliphatic carbocycles. The average Bonchev–Trinajstić information content (AvgIpc) is 2.38. The van der Waals surface area contributed by atoms with Crippen molar-refractivity contribution in [2.45, 2.75) is 33.7 Å². The Morgan fingerprint density at radius 1 is 1.22 bits per heavy atom. The van der Waals surface area contributed by atoms with E-state index in [-0.39, 0.29) is 0 Å². The van der Waals surface area contributed by atoms with Gasteiger partial charge in [-0.2, -0.15) is 0 Å². The Morgan fingerprint density at radius 3 is 2.50 bits per heavy atom. The summed E-state index contributed by atoms with van der Waals surface area (Å²) in [5.74, 6) is 0. The number of anilines is 1. The van der Waals surface area contributed by atoms with Crippen molar-refractivity contribution in [2.75, 3.05) is 18.0 Å². The second-order valence-electron chi connectivity index (χ2n) is 6.01. The zero-order valence-corrected chi connectivity index (χ0v) is 11.7. The standard InChI is InChI=1S/C16H24N2/c1-16(2,3)14-8-10-18(11-9-14)15-7-5-4-6-13(15)12-17/h4-8H,9-12,17H2,1-3H3. The van der Waals surface area contributed by atoms with Crippen LogP contribution in [0.2, 0.25) is 0 Å². The van der Waals surface area contributed by atoms with Gasteiger partial charge in [0.25, 0.3) is 0 Å². The predicted molar refractivity (Wildman–Crippen MR) is 78.7 cm³/mol. The maximum absolute atomic E-state index is 5.81. The molecule has 1 aliphatic rings. The first-order chi connectivity index (χ1) is 8.52. The number of nitrogens with zero attached hydrogens (tertiary/aromatic N) is 1. The van der Waals surface area contributed by atoms with E-state index in [4.69, 9.17) is 5.73 Å². The molecule has 0 bridgehead atoms. The number of hydrogen-bond donors (Lipinski definition) is 1. The van der Waals surface area contributed by atoms with Gasteiger partial charge in [-0.1, -0.05) is 50.6 Å². The van der Waals surface area contributed by atoms with Crippen LogP contribution in [0.3, 0.4) is 0 Å². The minimum atomic E-state index is 0.305. The van der Waals surface area contributed by atoms with Gasteiger partial charge in [0, 0.05) is 25.3 Å². The quantitative estimate of drug-likeness (QED) is 0.809. The van der Waals surface area contributed by atoms with E-state index >= 15 is 0 Å². The fourth-order valence-corrected chi connectivity index (χ4v) is 2.56. The largest absolute Gasteiger partial charge is 0.367 e. The second-order valence-corrected chi connectivity index (χ2v) is 6.01. The van der Waals surface area contributed by atoms with E-state index < -0.39 is 0 Å². The highest BCUT2D eigenvalue weighted by atomic mass is 15.1. The summed E-state index contributed by atoms with van der Waals surface area (Å²) in [6.07, 6.45) is 3.54. The lowest BCUT2D eigenvalue weighted by Crippen LogP contribution is -2.32. The summed E-state index contributed by atoms with van der Waals surface area (Å²) in [6.45, 7) is 9.60. The zero-order chi connectivity index (χ0) is 13.2. The molecule has 0 atom stereocenters. The molecule has 0 saturated carbocycles. The van der Waals surface area contributed by atoms with Crippen LogP contribution in [0.15, 0.2) is 35.9 Å². The highest BCUT2D eigenvalue weighted by Gasteiger charge is 2.21. The molecule has 0 aromatic heterocycles. The SMILES string of the molecule is CC(C)(C)C1=CCN(c2ccccc2CN)CC1. The molecule has 1 heterocycles. The molecule has 0 spiro atoms. The molecule has 1 aliphatic heterocycles. The van der Waals surface area contributed by atoms with Gasteiger partial charge in [0.05, 0.1) is 0 Å². The highest BCUT2D eigenvalue weighted by molar-refractivity contribution is 5.55. The number of para-hydroxylation sites is 1. The molecule has 2 heteroatoms. The number of rotatable bonds is 2. The molecule has 1 aromatic carbocycles. The van der Waals surface area contributed by atoms with Crippen LogP contribution in [0.5, 0.6) is 0 Å².